The molecule has 25 heavy (non-hydrogen) atoms. The van der Waals surface area contributed by atoms with Gasteiger partial charge in [-0.2, -0.15) is 5.10 Å². The Balaban J connectivity index is 1.45. The normalized spacial score (nSPS) is 18.1. The summed E-state index contributed by atoms with van der Waals surface area (Å²) >= 11 is 0. The molecule has 2 aromatic rings. The lowest BCUT2D eigenvalue weighted by Crippen LogP contribution is -2.51. The highest BCUT2D eigenvalue weighted by atomic mass is 16.3. The van der Waals surface area contributed by atoms with Crippen LogP contribution < -0.4 is 0 Å². The minimum Gasteiger partial charge on any atom is -0.387 e. The number of hydrogen-bond donors (Lipinski definition) is 1. The summed E-state index contributed by atoms with van der Waals surface area (Å²) in [6, 6.07) is 11.6. The molecule has 6 heteroatoms. The number of hydrogen-bond acceptors (Lipinski definition) is 4. The summed E-state index contributed by atoms with van der Waals surface area (Å²) in [6.45, 7) is 6.19. The van der Waals surface area contributed by atoms with E-state index in [1.807, 2.05) is 54.4 Å². The van der Waals surface area contributed by atoms with Crippen molar-refractivity contribution in [2.45, 2.75) is 19.6 Å². The maximum absolute atomic E-state index is 12.6. The van der Waals surface area contributed by atoms with Crippen LogP contribution in [0.5, 0.6) is 0 Å². The quantitative estimate of drug-likeness (QED) is 0.862. The summed E-state index contributed by atoms with van der Waals surface area (Å²) in [5, 5.41) is 14.5. The van der Waals surface area contributed by atoms with Crippen LogP contribution in [0.2, 0.25) is 0 Å². The Bertz CT molecular complexity index is 651. The first-order valence-corrected chi connectivity index (χ1v) is 8.85. The number of carbonyl (C=O) groups is 1. The van der Waals surface area contributed by atoms with Crippen LogP contribution in [-0.4, -0.2) is 63.3 Å². The van der Waals surface area contributed by atoms with Crippen LogP contribution in [0.1, 0.15) is 18.6 Å². The molecule has 1 amide bonds. The predicted molar refractivity (Wildman–Crippen MR) is 95.8 cm³/mol. The van der Waals surface area contributed by atoms with Gasteiger partial charge < -0.3 is 10.0 Å². The van der Waals surface area contributed by atoms with E-state index in [-0.39, 0.29) is 11.8 Å². The standard InChI is InChI=1S/C19H26N4O2/c1-16(14-23-9-5-8-20-23)19(25)22-12-10-21(11-13-22)15-18(24)17-6-3-2-4-7-17/h2-9,16,18,24H,10-15H2,1H3/t16-,18-/m1/s1. The molecule has 1 aliphatic heterocycles. The van der Waals surface area contributed by atoms with E-state index in [2.05, 4.69) is 10.00 Å². The molecule has 1 aliphatic rings. The fourth-order valence-electron chi connectivity index (χ4n) is 3.25. The van der Waals surface area contributed by atoms with Crippen molar-refractivity contribution in [3.05, 3.63) is 54.4 Å². The molecule has 3 rings (SSSR count). The average Bonchev–Trinajstić information content (AvgIpc) is 3.15. The molecule has 6 nitrogen and oxygen atoms in total. The second-order valence-corrected chi connectivity index (χ2v) is 6.68. The van der Waals surface area contributed by atoms with Gasteiger partial charge in [0.1, 0.15) is 0 Å². The molecule has 2 heterocycles. The van der Waals surface area contributed by atoms with E-state index in [9.17, 15) is 9.90 Å². The van der Waals surface area contributed by atoms with Crippen LogP contribution in [0.4, 0.5) is 0 Å². The SMILES string of the molecule is C[C@H](Cn1cccn1)C(=O)N1CCN(C[C@@H](O)c2ccccc2)CC1. The third-order valence-corrected chi connectivity index (χ3v) is 4.74. The fourth-order valence-corrected chi connectivity index (χ4v) is 3.25. The van der Waals surface area contributed by atoms with Gasteiger partial charge in [0, 0.05) is 45.1 Å². The van der Waals surface area contributed by atoms with Gasteiger partial charge in [-0.1, -0.05) is 37.3 Å². The number of benzene rings is 1. The van der Waals surface area contributed by atoms with Gasteiger partial charge in [-0.05, 0) is 11.6 Å². The number of piperazine rings is 1. The lowest BCUT2D eigenvalue weighted by Gasteiger charge is -2.36. The maximum atomic E-state index is 12.6. The number of carbonyl (C=O) groups excluding carboxylic acids is 1. The summed E-state index contributed by atoms with van der Waals surface area (Å²) in [5.74, 6) is 0.0973. The molecule has 1 aromatic carbocycles. The van der Waals surface area contributed by atoms with Crippen molar-refractivity contribution in [2.24, 2.45) is 5.92 Å². The lowest BCUT2D eigenvalue weighted by molar-refractivity contribution is -0.137. The lowest BCUT2D eigenvalue weighted by atomic mass is 10.1. The van der Waals surface area contributed by atoms with E-state index in [1.54, 1.807) is 10.9 Å². The zero-order valence-electron chi connectivity index (χ0n) is 14.7. The number of aliphatic hydroxyl groups is 1. The largest absolute Gasteiger partial charge is 0.387 e. The molecular formula is C19H26N4O2. The van der Waals surface area contributed by atoms with E-state index in [0.717, 1.165) is 18.7 Å². The fraction of sp³-hybridized carbons (Fsp3) is 0.474. The Kier molecular flexibility index (Phi) is 5.83. The van der Waals surface area contributed by atoms with E-state index >= 15 is 0 Å². The summed E-state index contributed by atoms with van der Waals surface area (Å²) < 4.78 is 1.80. The van der Waals surface area contributed by atoms with Gasteiger partial charge in [0.2, 0.25) is 5.91 Å². The first kappa shape index (κ1) is 17.6. The van der Waals surface area contributed by atoms with Crippen LogP contribution in [0.3, 0.4) is 0 Å². The number of rotatable bonds is 6. The molecule has 1 saturated heterocycles. The number of aromatic nitrogens is 2. The molecule has 0 unspecified atom stereocenters. The van der Waals surface area contributed by atoms with Gasteiger partial charge >= 0.3 is 0 Å². The first-order chi connectivity index (χ1) is 12.1. The van der Waals surface area contributed by atoms with Gasteiger partial charge in [-0.3, -0.25) is 14.4 Å². The summed E-state index contributed by atoms with van der Waals surface area (Å²) in [6.07, 6.45) is 3.13. The molecule has 0 saturated carbocycles. The third kappa shape index (κ3) is 4.67. The van der Waals surface area contributed by atoms with Crippen LogP contribution in [0.15, 0.2) is 48.8 Å². The third-order valence-electron chi connectivity index (χ3n) is 4.74. The molecule has 134 valence electrons. The zero-order chi connectivity index (χ0) is 17.6. The van der Waals surface area contributed by atoms with Crippen molar-refractivity contribution in [1.29, 1.82) is 0 Å². The van der Waals surface area contributed by atoms with E-state index < -0.39 is 6.10 Å². The number of nitrogens with zero attached hydrogens (tertiary/aromatic N) is 4. The monoisotopic (exact) mass is 342 g/mol. The van der Waals surface area contributed by atoms with Crippen LogP contribution >= 0.6 is 0 Å². The second kappa shape index (κ2) is 8.27. The van der Waals surface area contributed by atoms with E-state index in [0.29, 0.717) is 26.2 Å². The van der Waals surface area contributed by atoms with Crippen LogP contribution in [0, 0.1) is 5.92 Å². The molecule has 2 atom stereocenters. The van der Waals surface area contributed by atoms with Crippen molar-refractivity contribution in [1.82, 2.24) is 19.6 Å². The number of amides is 1. The van der Waals surface area contributed by atoms with Crippen LogP contribution in [-0.2, 0) is 11.3 Å². The molecule has 1 N–H and O–H groups in total. The van der Waals surface area contributed by atoms with Gasteiger partial charge in [-0.15, -0.1) is 0 Å². The molecule has 1 fully saturated rings. The number of aliphatic hydroxyl groups excluding tert-OH is 1. The first-order valence-electron chi connectivity index (χ1n) is 8.85. The zero-order valence-corrected chi connectivity index (χ0v) is 14.7. The Morgan fingerprint density at radius 2 is 1.84 bits per heavy atom. The minimum absolute atomic E-state index is 0.0821. The highest BCUT2D eigenvalue weighted by Crippen LogP contribution is 2.16. The molecule has 0 spiro atoms. The Morgan fingerprint density at radius 1 is 1.12 bits per heavy atom. The van der Waals surface area contributed by atoms with Gasteiger partial charge in [0.05, 0.1) is 18.6 Å². The molecule has 0 bridgehead atoms. The topological polar surface area (TPSA) is 61.6 Å². The summed E-state index contributed by atoms with van der Waals surface area (Å²) in [5.41, 5.74) is 0.939. The minimum atomic E-state index is -0.484. The van der Waals surface area contributed by atoms with Crippen LogP contribution in [0.25, 0.3) is 0 Å². The van der Waals surface area contributed by atoms with Crippen molar-refractivity contribution >= 4 is 5.91 Å². The van der Waals surface area contributed by atoms with Gasteiger partial charge in [0.15, 0.2) is 0 Å². The average molecular weight is 342 g/mol. The predicted octanol–water partition coefficient (Wildman–Crippen LogP) is 1.40. The maximum Gasteiger partial charge on any atom is 0.227 e. The van der Waals surface area contributed by atoms with Crippen molar-refractivity contribution in [3.63, 3.8) is 0 Å². The smallest absolute Gasteiger partial charge is 0.227 e. The molecular weight excluding hydrogens is 316 g/mol. The Morgan fingerprint density at radius 3 is 2.48 bits per heavy atom. The highest BCUT2D eigenvalue weighted by Gasteiger charge is 2.26. The summed E-state index contributed by atoms with van der Waals surface area (Å²) in [4.78, 5) is 16.7. The van der Waals surface area contributed by atoms with Crippen molar-refractivity contribution < 1.29 is 9.90 Å². The number of β-amino-alcohol motifs (C(OH)–C–C–N with tert-alkyl or cyclic N) is 1. The highest BCUT2D eigenvalue weighted by molar-refractivity contribution is 5.78. The Hall–Kier alpha value is -2.18. The second-order valence-electron chi connectivity index (χ2n) is 6.68. The molecule has 0 radical (unpaired) electrons. The van der Waals surface area contributed by atoms with Gasteiger partial charge in [0.25, 0.3) is 0 Å². The molecule has 1 aromatic heterocycles. The van der Waals surface area contributed by atoms with Gasteiger partial charge in [-0.25, -0.2) is 0 Å². The van der Waals surface area contributed by atoms with Crippen molar-refractivity contribution in [2.75, 3.05) is 32.7 Å². The molecule has 0 aliphatic carbocycles. The summed E-state index contributed by atoms with van der Waals surface area (Å²) in [7, 11) is 0. The Labute approximate surface area is 148 Å². The van der Waals surface area contributed by atoms with E-state index in [4.69, 9.17) is 0 Å². The van der Waals surface area contributed by atoms with E-state index in [1.165, 1.54) is 0 Å². The van der Waals surface area contributed by atoms with Crippen molar-refractivity contribution in [3.8, 4) is 0 Å².